The maximum absolute atomic E-state index is 12.7. The molecule has 1 aliphatic rings. The van der Waals surface area contributed by atoms with Crippen LogP contribution in [0.2, 0.25) is 0 Å². The van der Waals surface area contributed by atoms with Gasteiger partial charge >= 0.3 is 17.9 Å². The number of carbonyl (C=O) groups is 4. The number of hydrogen-bond acceptors (Lipinski definition) is 9. The van der Waals surface area contributed by atoms with Crippen molar-refractivity contribution in [2.24, 2.45) is 5.92 Å². The van der Waals surface area contributed by atoms with Gasteiger partial charge in [-0.1, -0.05) is 12.8 Å². The van der Waals surface area contributed by atoms with Gasteiger partial charge in [0.05, 0.1) is 14.2 Å². The molecule has 3 N–H and O–H groups in total. The molecule has 1 fully saturated rings. The summed E-state index contributed by atoms with van der Waals surface area (Å²) >= 11 is 0.855. The number of rotatable bonds is 7. The minimum atomic E-state index is -0.779. The van der Waals surface area contributed by atoms with Crippen LogP contribution in [0.3, 0.4) is 0 Å². The zero-order valence-electron chi connectivity index (χ0n) is 16.0. The van der Waals surface area contributed by atoms with Gasteiger partial charge in [-0.15, -0.1) is 11.3 Å². The Labute approximate surface area is 166 Å². The van der Waals surface area contributed by atoms with Crippen LogP contribution in [-0.4, -0.2) is 44.1 Å². The Hall–Kier alpha value is -2.62. The number of thiophene rings is 1. The van der Waals surface area contributed by atoms with Crippen molar-refractivity contribution in [1.29, 1.82) is 0 Å². The van der Waals surface area contributed by atoms with Crippen LogP contribution in [0.5, 0.6) is 0 Å². The third-order valence-electron chi connectivity index (χ3n) is 4.64. The quantitative estimate of drug-likeness (QED) is 0.510. The average molecular weight is 412 g/mol. The van der Waals surface area contributed by atoms with E-state index in [4.69, 9.17) is 19.9 Å². The lowest BCUT2D eigenvalue weighted by Crippen LogP contribution is -2.45. The van der Waals surface area contributed by atoms with E-state index in [1.54, 1.807) is 0 Å². The molecule has 9 nitrogen and oxygen atoms in total. The second kappa shape index (κ2) is 9.54. The van der Waals surface area contributed by atoms with Crippen molar-refractivity contribution in [3.8, 4) is 0 Å². The molecule has 154 valence electrons. The minimum absolute atomic E-state index is 0.0101. The Kier molecular flexibility index (Phi) is 7.38. The highest BCUT2D eigenvalue weighted by Crippen LogP contribution is 2.33. The van der Waals surface area contributed by atoms with Crippen molar-refractivity contribution in [3.63, 3.8) is 0 Å². The first-order chi connectivity index (χ1) is 13.3. The van der Waals surface area contributed by atoms with Crippen molar-refractivity contribution >= 4 is 40.2 Å². The van der Waals surface area contributed by atoms with Crippen molar-refractivity contribution in [3.05, 3.63) is 16.0 Å². The lowest BCUT2D eigenvalue weighted by molar-refractivity contribution is -0.150. The molecule has 0 aromatic carbocycles. The summed E-state index contributed by atoms with van der Waals surface area (Å²) in [5, 5.41) is 2.70. The molecule has 0 bridgehead atoms. The monoisotopic (exact) mass is 412 g/mol. The molecule has 10 heteroatoms. The number of carbonyl (C=O) groups excluding carboxylic acids is 4. The number of nitrogens with two attached hydrogens (primary N) is 1. The Morgan fingerprint density at radius 2 is 1.75 bits per heavy atom. The molecule has 1 atom stereocenters. The largest absolute Gasteiger partial charge is 0.465 e. The van der Waals surface area contributed by atoms with Crippen LogP contribution in [0, 0.1) is 5.92 Å². The van der Waals surface area contributed by atoms with E-state index in [2.05, 4.69) is 5.32 Å². The summed E-state index contributed by atoms with van der Waals surface area (Å²) in [4.78, 5) is 48.3. The highest BCUT2D eigenvalue weighted by Gasteiger charge is 2.34. The second-order valence-electron chi connectivity index (χ2n) is 6.46. The van der Waals surface area contributed by atoms with Gasteiger partial charge in [0, 0.05) is 12.5 Å². The fraction of sp³-hybridized carbons (Fsp3) is 0.556. The number of esters is 3. The Morgan fingerprint density at radius 3 is 2.29 bits per heavy atom. The number of ether oxygens (including phenoxy) is 3. The third kappa shape index (κ3) is 4.80. The van der Waals surface area contributed by atoms with Crippen LogP contribution < -0.4 is 11.1 Å². The molecule has 1 unspecified atom stereocenters. The molecule has 0 radical (unpaired) electrons. The minimum Gasteiger partial charge on any atom is -0.465 e. The zero-order valence-corrected chi connectivity index (χ0v) is 16.9. The van der Waals surface area contributed by atoms with E-state index in [1.165, 1.54) is 21.1 Å². The molecule has 2 rings (SSSR count). The average Bonchev–Trinajstić information content (AvgIpc) is 3.30. The molecule has 1 aromatic heterocycles. The molecule has 0 spiro atoms. The predicted octanol–water partition coefficient (Wildman–Crippen LogP) is 1.64. The van der Waals surface area contributed by atoms with Crippen LogP contribution >= 0.6 is 11.3 Å². The Morgan fingerprint density at radius 1 is 1.14 bits per heavy atom. The van der Waals surface area contributed by atoms with Crippen molar-refractivity contribution in [2.75, 3.05) is 20.0 Å². The van der Waals surface area contributed by atoms with Gasteiger partial charge in [0.15, 0.2) is 0 Å². The van der Waals surface area contributed by atoms with Crippen molar-refractivity contribution in [2.45, 2.75) is 45.3 Å². The number of nitrogen functional groups attached to an aromatic ring is 1. The molecule has 1 saturated carbocycles. The van der Waals surface area contributed by atoms with Crippen LogP contribution in [-0.2, 0) is 30.4 Å². The number of hydrogen-bond donors (Lipinski definition) is 2. The predicted molar refractivity (Wildman–Crippen MR) is 101 cm³/mol. The topological polar surface area (TPSA) is 134 Å². The van der Waals surface area contributed by atoms with Crippen molar-refractivity contribution < 1.29 is 33.4 Å². The molecule has 1 aromatic rings. The summed E-state index contributed by atoms with van der Waals surface area (Å²) in [5.41, 5.74) is 5.95. The lowest BCUT2D eigenvalue weighted by atomic mass is 9.98. The van der Waals surface area contributed by atoms with Gasteiger partial charge < -0.3 is 25.3 Å². The van der Waals surface area contributed by atoms with Crippen LogP contribution in [0.25, 0.3) is 0 Å². The first-order valence-corrected chi connectivity index (χ1v) is 9.63. The molecule has 28 heavy (non-hydrogen) atoms. The van der Waals surface area contributed by atoms with Gasteiger partial charge in [0.25, 0.3) is 0 Å². The maximum Gasteiger partial charge on any atom is 0.348 e. The van der Waals surface area contributed by atoms with E-state index in [1.807, 2.05) is 0 Å². The van der Waals surface area contributed by atoms with Gasteiger partial charge in [-0.2, -0.15) is 0 Å². The number of nitrogens with one attached hydrogen (secondary N) is 1. The molecular weight excluding hydrogens is 388 g/mol. The zero-order chi connectivity index (χ0) is 20.8. The van der Waals surface area contributed by atoms with E-state index in [0.717, 1.165) is 37.0 Å². The molecule has 1 amide bonds. The molecule has 0 saturated heterocycles. The summed E-state index contributed by atoms with van der Waals surface area (Å²) < 4.78 is 14.8. The Balaban J connectivity index is 2.25. The SMILES string of the molecule is COC(=O)c1sc(N)c(C(=O)OC)c1COC(=O)C(NC(C)=O)C1CCCC1. The molecule has 1 heterocycles. The maximum atomic E-state index is 12.7. The second-order valence-corrected chi connectivity index (χ2v) is 7.51. The van der Waals surface area contributed by atoms with Gasteiger partial charge in [0.1, 0.15) is 28.1 Å². The summed E-state index contributed by atoms with van der Waals surface area (Å²) in [6.07, 6.45) is 3.58. The van der Waals surface area contributed by atoms with Gasteiger partial charge in [-0.25, -0.2) is 14.4 Å². The number of amides is 1. The molecular formula is C18H24N2O7S. The molecule has 1 aliphatic carbocycles. The first kappa shape index (κ1) is 21.7. The highest BCUT2D eigenvalue weighted by molar-refractivity contribution is 7.18. The van der Waals surface area contributed by atoms with E-state index >= 15 is 0 Å². The molecule has 0 aliphatic heterocycles. The smallest absolute Gasteiger partial charge is 0.348 e. The van der Waals surface area contributed by atoms with Crippen molar-refractivity contribution in [1.82, 2.24) is 5.32 Å². The van der Waals surface area contributed by atoms with Gasteiger partial charge in [-0.05, 0) is 18.8 Å². The summed E-state index contributed by atoms with van der Waals surface area (Å²) in [6, 6.07) is -0.779. The van der Waals surface area contributed by atoms with Gasteiger partial charge in [-0.3, -0.25) is 4.79 Å². The lowest BCUT2D eigenvalue weighted by Gasteiger charge is -2.22. The van der Waals surface area contributed by atoms with Crippen LogP contribution in [0.4, 0.5) is 5.00 Å². The van der Waals surface area contributed by atoms with Crippen LogP contribution in [0.15, 0.2) is 0 Å². The standard InChI is InChI=1S/C18H24N2O7S/c1-9(21)20-13(10-6-4-5-7-10)17(23)27-8-11-12(16(22)25-2)15(19)28-14(11)18(24)26-3/h10,13H,4-8,19H2,1-3H3,(H,20,21). The van der Waals surface area contributed by atoms with E-state index < -0.39 is 23.9 Å². The third-order valence-corrected chi connectivity index (χ3v) is 5.68. The summed E-state index contributed by atoms with van der Waals surface area (Å²) in [6.45, 7) is 0.962. The summed E-state index contributed by atoms with van der Waals surface area (Å²) in [7, 11) is 2.37. The first-order valence-electron chi connectivity index (χ1n) is 8.81. The van der Waals surface area contributed by atoms with E-state index in [0.29, 0.717) is 0 Å². The normalized spacial score (nSPS) is 15.0. The fourth-order valence-corrected chi connectivity index (χ4v) is 4.30. The van der Waals surface area contributed by atoms with E-state index in [-0.39, 0.29) is 39.4 Å². The number of anilines is 1. The van der Waals surface area contributed by atoms with E-state index in [9.17, 15) is 19.2 Å². The van der Waals surface area contributed by atoms with Gasteiger partial charge in [0.2, 0.25) is 5.91 Å². The van der Waals surface area contributed by atoms with Crippen LogP contribution in [0.1, 0.15) is 58.2 Å². The Bertz CT molecular complexity index is 768. The fourth-order valence-electron chi connectivity index (χ4n) is 3.32. The number of methoxy groups -OCH3 is 2. The summed E-state index contributed by atoms with van der Waals surface area (Å²) in [5.74, 6) is -2.42. The highest BCUT2D eigenvalue weighted by atomic mass is 32.1.